The third kappa shape index (κ3) is 2.82. The number of nitrogens with zero attached hydrogens (tertiary/aromatic N) is 5. The predicted molar refractivity (Wildman–Crippen MR) is 80.1 cm³/mol. The van der Waals surface area contributed by atoms with Crippen LogP contribution in [-0.2, 0) is 13.1 Å². The summed E-state index contributed by atoms with van der Waals surface area (Å²) in [6, 6.07) is 2.93. The van der Waals surface area contributed by atoms with Crippen molar-refractivity contribution in [1.82, 2.24) is 19.7 Å². The molecule has 1 aromatic rings. The Hall–Kier alpha value is -1.41. The van der Waals surface area contributed by atoms with E-state index in [0.717, 1.165) is 38.3 Å². The zero-order valence-corrected chi connectivity index (χ0v) is 13.3. The summed E-state index contributed by atoms with van der Waals surface area (Å²) in [7, 11) is 0. The highest BCUT2D eigenvalue weighted by Gasteiger charge is 2.39. The fourth-order valence-corrected chi connectivity index (χ4v) is 3.86. The van der Waals surface area contributed by atoms with Crippen LogP contribution in [0.3, 0.4) is 0 Å². The van der Waals surface area contributed by atoms with Crippen LogP contribution in [0.15, 0.2) is 6.33 Å². The zero-order chi connectivity index (χ0) is 15.0. The van der Waals surface area contributed by atoms with Crippen molar-refractivity contribution in [3.63, 3.8) is 0 Å². The minimum absolute atomic E-state index is 0.165. The van der Waals surface area contributed by atoms with Crippen molar-refractivity contribution >= 4 is 0 Å². The van der Waals surface area contributed by atoms with E-state index in [2.05, 4.69) is 46.5 Å². The molecule has 1 aliphatic heterocycles. The van der Waals surface area contributed by atoms with Crippen LogP contribution in [0.2, 0.25) is 0 Å². The third-order valence-corrected chi connectivity index (χ3v) is 5.34. The lowest BCUT2D eigenvalue weighted by Gasteiger charge is -2.45. The largest absolute Gasteiger partial charge is 0.315 e. The molecule has 0 amide bonds. The Balaban J connectivity index is 1.77. The van der Waals surface area contributed by atoms with Gasteiger partial charge in [0.2, 0.25) is 0 Å². The molecule has 114 valence electrons. The fourth-order valence-electron chi connectivity index (χ4n) is 3.86. The third-order valence-electron chi connectivity index (χ3n) is 5.34. The van der Waals surface area contributed by atoms with Gasteiger partial charge in [-0.15, -0.1) is 10.2 Å². The van der Waals surface area contributed by atoms with Crippen molar-refractivity contribution in [2.24, 2.45) is 17.3 Å². The van der Waals surface area contributed by atoms with E-state index in [1.54, 1.807) is 0 Å². The molecule has 5 heteroatoms. The lowest BCUT2D eigenvalue weighted by atomic mass is 9.67. The van der Waals surface area contributed by atoms with Gasteiger partial charge in [-0.25, -0.2) is 0 Å². The number of fused-ring (bicyclic) bond motifs is 1. The van der Waals surface area contributed by atoms with E-state index in [4.69, 9.17) is 0 Å². The molecule has 3 atom stereocenters. The molecule has 0 bridgehead atoms. The minimum Gasteiger partial charge on any atom is -0.315 e. The molecule has 0 N–H and O–H groups in total. The van der Waals surface area contributed by atoms with Gasteiger partial charge in [0.15, 0.2) is 0 Å². The number of nitriles is 1. The highest BCUT2D eigenvalue weighted by molar-refractivity contribution is 5.02. The molecular formula is C16H25N5. The first-order valence-electron chi connectivity index (χ1n) is 7.99. The minimum atomic E-state index is 0.165. The second kappa shape index (κ2) is 5.42. The molecule has 0 spiro atoms. The summed E-state index contributed by atoms with van der Waals surface area (Å²) in [5, 5.41) is 17.7. The van der Waals surface area contributed by atoms with Crippen LogP contribution in [0, 0.1) is 28.6 Å². The van der Waals surface area contributed by atoms with Gasteiger partial charge in [0.25, 0.3) is 0 Å². The van der Waals surface area contributed by atoms with E-state index >= 15 is 0 Å². The van der Waals surface area contributed by atoms with Crippen molar-refractivity contribution < 1.29 is 0 Å². The maximum Gasteiger partial charge on any atom is 0.147 e. The maximum atomic E-state index is 9.53. The van der Waals surface area contributed by atoms with E-state index in [1.807, 2.05) is 6.33 Å². The summed E-state index contributed by atoms with van der Waals surface area (Å²) in [4.78, 5) is 2.47. The number of rotatable bonds is 1. The number of hydrogen-bond acceptors (Lipinski definition) is 4. The first-order valence-corrected chi connectivity index (χ1v) is 7.99. The quantitative estimate of drug-likeness (QED) is 0.796. The molecule has 1 fully saturated rings. The lowest BCUT2D eigenvalue weighted by molar-refractivity contribution is 0.0436. The fraction of sp³-hybridized carbons (Fsp3) is 0.812. The zero-order valence-electron chi connectivity index (χ0n) is 13.3. The smallest absolute Gasteiger partial charge is 0.147 e. The first kappa shape index (κ1) is 14.5. The molecule has 21 heavy (non-hydrogen) atoms. The highest BCUT2D eigenvalue weighted by atomic mass is 15.3. The van der Waals surface area contributed by atoms with Crippen molar-refractivity contribution in [3.8, 4) is 6.07 Å². The van der Waals surface area contributed by atoms with Crippen LogP contribution < -0.4 is 0 Å². The standard InChI is InChI=1S/C16H25N5/c1-16(2,3)13-5-4-12(9-17)14(8-13)20-6-7-21-11-18-19-15(21)10-20/h11-14H,4-8,10H2,1-3H3. The van der Waals surface area contributed by atoms with Crippen LogP contribution in [0.1, 0.15) is 45.9 Å². The summed E-state index contributed by atoms with van der Waals surface area (Å²) in [6.07, 6.45) is 5.16. The van der Waals surface area contributed by atoms with Gasteiger partial charge in [-0.2, -0.15) is 5.26 Å². The van der Waals surface area contributed by atoms with E-state index in [-0.39, 0.29) is 5.92 Å². The van der Waals surface area contributed by atoms with Crippen LogP contribution in [-0.4, -0.2) is 32.3 Å². The van der Waals surface area contributed by atoms with Gasteiger partial charge in [-0.05, 0) is 30.6 Å². The van der Waals surface area contributed by atoms with Crippen LogP contribution >= 0.6 is 0 Å². The molecule has 1 aromatic heterocycles. The number of aromatic nitrogens is 3. The Morgan fingerprint density at radius 1 is 1.29 bits per heavy atom. The molecule has 0 aromatic carbocycles. The Morgan fingerprint density at radius 2 is 2.10 bits per heavy atom. The van der Waals surface area contributed by atoms with Crippen LogP contribution in [0.4, 0.5) is 0 Å². The Morgan fingerprint density at radius 3 is 2.81 bits per heavy atom. The molecule has 3 unspecified atom stereocenters. The van der Waals surface area contributed by atoms with Gasteiger partial charge in [0, 0.05) is 19.1 Å². The summed E-state index contributed by atoms with van der Waals surface area (Å²) in [5.41, 5.74) is 0.328. The van der Waals surface area contributed by atoms with E-state index in [0.29, 0.717) is 17.4 Å². The van der Waals surface area contributed by atoms with E-state index in [9.17, 15) is 5.26 Å². The van der Waals surface area contributed by atoms with Gasteiger partial charge in [0.05, 0.1) is 18.5 Å². The maximum absolute atomic E-state index is 9.53. The highest BCUT2D eigenvalue weighted by Crippen LogP contribution is 2.42. The SMILES string of the molecule is CC(C)(C)C1CCC(C#N)C(N2CCn3cnnc3C2)C1. The van der Waals surface area contributed by atoms with Crippen molar-refractivity contribution in [2.75, 3.05) is 6.54 Å². The Labute approximate surface area is 127 Å². The summed E-state index contributed by atoms with van der Waals surface area (Å²) in [5.74, 6) is 1.90. The average Bonchev–Trinajstić information content (AvgIpc) is 2.93. The first-order chi connectivity index (χ1) is 9.99. The second-order valence-corrected chi connectivity index (χ2v) is 7.59. The molecule has 1 aliphatic carbocycles. The Kier molecular flexibility index (Phi) is 3.75. The summed E-state index contributed by atoms with van der Waals surface area (Å²) in [6.45, 7) is 9.76. The van der Waals surface area contributed by atoms with Gasteiger partial charge >= 0.3 is 0 Å². The van der Waals surface area contributed by atoms with Gasteiger partial charge in [-0.3, -0.25) is 4.90 Å². The second-order valence-electron chi connectivity index (χ2n) is 7.59. The van der Waals surface area contributed by atoms with Crippen molar-refractivity contribution in [3.05, 3.63) is 12.2 Å². The summed E-state index contributed by atoms with van der Waals surface area (Å²) < 4.78 is 2.13. The number of hydrogen-bond donors (Lipinski definition) is 0. The predicted octanol–water partition coefficient (Wildman–Crippen LogP) is 2.45. The molecule has 3 rings (SSSR count). The lowest BCUT2D eigenvalue weighted by Crippen LogP contribution is -2.48. The molecule has 1 saturated carbocycles. The molecular weight excluding hydrogens is 262 g/mol. The normalized spacial score (nSPS) is 30.7. The van der Waals surface area contributed by atoms with Crippen LogP contribution in [0.25, 0.3) is 0 Å². The van der Waals surface area contributed by atoms with Crippen molar-refractivity contribution in [2.45, 2.75) is 59.2 Å². The van der Waals surface area contributed by atoms with Gasteiger partial charge in [-0.1, -0.05) is 20.8 Å². The molecule has 0 saturated heterocycles. The van der Waals surface area contributed by atoms with Crippen molar-refractivity contribution in [1.29, 1.82) is 5.26 Å². The molecule has 2 heterocycles. The monoisotopic (exact) mass is 287 g/mol. The summed E-state index contributed by atoms with van der Waals surface area (Å²) >= 11 is 0. The van der Waals surface area contributed by atoms with E-state index < -0.39 is 0 Å². The topological polar surface area (TPSA) is 57.7 Å². The van der Waals surface area contributed by atoms with E-state index in [1.165, 1.54) is 6.42 Å². The van der Waals surface area contributed by atoms with Gasteiger partial charge < -0.3 is 4.57 Å². The average molecular weight is 287 g/mol. The molecule has 0 radical (unpaired) electrons. The van der Waals surface area contributed by atoms with Crippen LogP contribution in [0.5, 0.6) is 0 Å². The molecule has 2 aliphatic rings. The van der Waals surface area contributed by atoms with Gasteiger partial charge in [0.1, 0.15) is 12.2 Å². The Bertz CT molecular complexity index is 536. The molecule has 5 nitrogen and oxygen atoms in total.